The lowest BCUT2D eigenvalue weighted by Gasteiger charge is -2.12. The Morgan fingerprint density at radius 3 is 2.32 bits per heavy atom. The fourth-order valence-electron chi connectivity index (χ4n) is 2.26. The number of carbonyl (C=O) groups is 2. The molecule has 132 valence electrons. The summed E-state index contributed by atoms with van der Waals surface area (Å²) in [5.74, 6) is 0.178. The van der Waals surface area contributed by atoms with Gasteiger partial charge >= 0.3 is 0 Å². The van der Waals surface area contributed by atoms with Gasteiger partial charge in [-0.25, -0.2) is 0 Å². The average molecular weight is 356 g/mol. The second kappa shape index (κ2) is 8.72. The Labute approximate surface area is 153 Å². The van der Waals surface area contributed by atoms with Gasteiger partial charge in [0.05, 0.1) is 5.75 Å². The van der Waals surface area contributed by atoms with E-state index < -0.39 is 0 Å². The Kier molecular flexibility index (Phi) is 6.65. The molecule has 5 heteroatoms. The molecule has 4 nitrogen and oxygen atoms in total. The molecular formula is C20H24N2O2S. The van der Waals surface area contributed by atoms with Crippen LogP contribution in [-0.4, -0.2) is 23.6 Å². The van der Waals surface area contributed by atoms with Gasteiger partial charge in [0.25, 0.3) is 5.91 Å². The Morgan fingerprint density at radius 2 is 1.72 bits per heavy atom. The Morgan fingerprint density at radius 1 is 1.04 bits per heavy atom. The molecule has 25 heavy (non-hydrogen) atoms. The van der Waals surface area contributed by atoms with Gasteiger partial charge in [0.15, 0.2) is 0 Å². The van der Waals surface area contributed by atoms with Crippen molar-refractivity contribution in [2.75, 3.05) is 11.1 Å². The first-order valence-corrected chi connectivity index (χ1v) is 9.24. The van der Waals surface area contributed by atoms with E-state index in [1.807, 2.05) is 52.0 Å². The molecule has 0 aliphatic carbocycles. The highest BCUT2D eigenvalue weighted by molar-refractivity contribution is 8.00. The van der Waals surface area contributed by atoms with Gasteiger partial charge in [-0.15, -0.1) is 11.8 Å². The number of nitrogens with one attached hydrogen (secondary N) is 2. The quantitative estimate of drug-likeness (QED) is 0.764. The van der Waals surface area contributed by atoms with Crippen LogP contribution in [0.4, 0.5) is 5.69 Å². The number of anilines is 1. The molecule has 0 saturated heterocycles. The summed E-state index contributed by atoms with van der Waals surface area (Å²) in [5.41, 5.74) is 3.39. The third kappa shape index (κ3) is 5.94. The average Bonchev–Trinajstić information content (AvgIpc) is 2.55. The van der Waals surface area contributed by atoms with Crippen LogP contribution in [-0.2, 0) is 4.79 Å². The molecule has 0 atom stereocenters. The zero-order chi connectivity index (χ0) is 18.4. The molecule has 0 fully saturated rings. The van der Waals surface area contributed by atoms with E-state index in [1.54, 1.807) is 18.2 Å². The smallest absolute Gasteiger partial charge is 0.251 e. The summed E-state index contributed by atoms with van der Waals surface area (Å²) in [6, 6.07) is 13.5. The second-order valence-electron chi connectivity index (χ2n) is 6.31. The summed E-state index contributed by atoms with van der Waals surface area (Å²) < 4.78 is 0. The molecule has 2 N–H and O–H groups in total. The number of aryl methyl sites for hydroxylation is 2. The van der Waals surface area contributed by atoms with Crippen LogP contribution in [0.15, 0.2) is 47.4 Å². The summed E-state index contributed by atoms with van der Waals surface area (Å²) in [6.07, 6.45) is 0. The maximum atomic E-state index is 12.2. The van der Waals surface area contributed by atoms with Crippen molar-refractivity contribution in [2.45, 2.75) is 38.6 Å². The van der Waals surface area contributed by atoms with E-state index in [4.69, 9.17) is 0 Å². The van der Waals surface area contributed by atoms with Crippen molar-refractivity contribution < 1.29 is 9.59 Å². The maximum Gasteiger partial charge on any atom is 0.251 e. The molecule has 0 unspecified atom stereocenters. The van der Waals surface area contributed by atoms with Gasteiger partial charge in [-0.1, -0.05) is 17.7 Å². The van der Waals surface area contributed by atoms with Crippen LogP contribution >= 0.6 is 11.8 Å². The van der Waals surface area contributed by atoms with Crippen LogP contribution in [0.1, 0.15) is 35.3 Å². The number of benzene rings is 2. The topological polar surface area (TPSA) is 58.2 Å². The lowest BCUT2D eigenvalue weighted by Crippen LogP contribution is -2.30. The largest absolute Gasteiger partial charge is 0.350 e. The zero-order valence-electron chi connectivity index (χ0n) is 15.1. The molecule has 2 rings (SSSR count). The van der Waals surface area contributed by atoms with Crippen LogP contribution < -0.4 is 10.6 Å². The molecule has 0 radical (unpaired) electrons. The molecule has 0 aliphatic rings. The van der Waals surface area contributed by atoms with Crippen molar-refractivity contribution in [1.82, 2.24) is 5.32 Å². The summed E-state index contributed by atoms with van der Waals surface area (Å²) in [6.45, 7) is 7.76. The fourth-order valence-corrected chi connectivity index (χ4v) is 2.96. The summed E-state index contributed by atoms with van der Waals surface area (Å²) in [5, 5.41) is 5.77. The molecule has 2 aromatic rings. The molecule has 0 saturated carbocycles. The number of hydrogen-bond donors (Lipinski definition) is 2. The van der Waals surface area contributed by atoms with E-state index in [0.717, 1.165) is 16.1 Å². The van der Waals surface area contributed by atoms with Crippen molar-refractivity contribution in [2.24, 2.45) is 0 Å². The molecule has 0 aliphatic heterocycles. The van der Waals surface area contributed by atoms with Crippen LogP contribution in [0.25, 0.3) is 0 Å². The molecule has 2 aromatic carbocycles. The number of rotatable bonds is 6. The Balaban J connectivity index is 1.94. The molecular weight excluding hydrogens is 332 g/mol. The first kappa shape index (κ1) is 19.1. The van der Waals surface area contributed by atoms with E-state index in [2.05, 4.69) is 10.6 Å². The monoisotopic (exact) mass is 356 g/mol. The van der Waals surface area contributed by atoms with Gasteiger partial charge in [0, 0.05) is 22.2 Å². The fraction of sp³-hybridized carbons (Fsp3) is 0.300. The molecule has 0 spiro atoms. The van der Waals surface area contributed by atoms with Gasteiger partial charge < -0.3 is 10.6 Å². The van der Waals surface area contributed by atoms with E-state index in [9.17, 15) is 9.59 Å². The molecule has 0 aromatic heterocycles. The van der Waals surface area contributed by atoms with Crippen LogP contribution in [0.3, 0.4) is 0 Å². The highest BCUT2D eigenvalue weighted by Crippen LogP contribution is 2.20. The van der Waals surface area contributed by atoms with E-state index in [0.29, 0.717) is 11.3 Å². The Bertz CT molecular complexity index is 755. The highest BCUT2D eigenvalue weighted by Gasteiger charge is 2.10. The van der Waals surface area contributed by atoms with Crippen LogP contribution in [0, 0.1) is 13.8 Å². The molecule has 0 bridgehead atoms. The van der Waals surface area contributed by atoms with Crippen molar-refractivity contribution >= 4 is 29.3 Å². The molecule has 0 heterocycles. The van der Waals surface area contributed by atoms with E-state index in [1.165, 1.54) is 17.3 Å². The lowest BCUT2D eigenvalue weighted by molar-refractivity contribution is -0.113. The number of carbonyl (C=O) groups excluding carboxylic acids is 2. The summed E-state index contributed by atoms with van der Waals surface area (Å²) in [7, 11) is 0. The third-order valence-corrected chi connectivity index (χ3v) is 4.59. The number of thioether (sulfide) groups is 1. The minimum absolute atomic E-state index is 0.0620. The second-order valence-corrected chi connectivity index (χ2v) is 7.36. The number of hydrogen-bond acceptors (Lipinski definition) is 3. The summed E-state index contributed by atoms with van der Waals surface area (Å²) in [4.78, 5) is 25.2. The van der Waals surface area contributed by atoms with Gasteiger partial charge in [-0.2, -0.15) is 0 Å². The van der Waals surface area contributed by atoms with Gasteiger partial charge in [-0.05, 0) is 63.6 Å². The van der Waals surface area contributed by atoms with E-state index >= 15 is 0 Å². The van der Waals surface area contributed by atoms with Gasteiger partial charge in [0.1, 0.15) is 0 Å². The highest BCUT2D eigenvalue weighted by atomic mass is 32.2. The first-order chi connectivity index (χ1) is 11.8. The van der Waals surface area contributed by atoms with Crippen LogP contribution in [0.5, 0.6) is 0 Å². The predicted molar refractivity (Wildman–Crippen MR) is 104 cm³/mol. The maximum absolute atomic E-state index is 12.2. The van der Waals surface area contributed by atoms with E-state index in [-0.39, 0.29) is 17.9 Å². The predicted octanol–water partition coefficient (Wildman–Crippen LogP) is 4.17. The summed E-state index contributed by atoms with van der Waals surface area (Å²) >= 11 is 1.50. The minimum atomic E-state index is -0.106. The third-order valence-electron chi connectivity index (χ3n) is 3.57. The molecule has 2 amide bonds. The number of amides is 2. The SMILES string of the molecule is Cc1ccc(SCC(=O)Nc2ccc(C(=O)NC(C)C)cc2C)cc1. The van der Waals surface area contributed by atoms with Crippen molar-refractivity contribution in [3.63, 3.8) is 0 Å². The van der Waals surface area contributed by atoms with Gasteiger partial charge in [-0.3, -0.25) is 9.59 Å². The van der Waals surface area contributed by atoms with Gasteiger partial charge in [0.2, 0.25) is 5.91 Å². The standard InChI is InChI=1S/C20H24N2O2S/c1-13(2)21-20(24)16-7-10-18(15(4)11-16)22-19(23)12-25-17-8-5-14(3)6-9-17/h5-11,13H,12H2,1-4H3,(H,21,24)(H,22,23). The lowest BCUT2D eigenvalue weighted by atomic mass is 10.1. The minimum Gasteiger partial charge on any atom is -0.350 e. The zero-order valence-corrected chi connectivity index (χ0v) is 15.9. The van der Waals surface area contributed by atoms with Crippen molar-refractivity contribution in [1.29, 1.82) is 0 Å². The van der Waals surface area contributed by atoms with Crippen molar-refractivity contribution in [3.8, 4) is 0 Å². The first-order valence-electron chi connectivity index (χ1n) is 8.26. The Hall–Kier alpha value is -2.27. The van der Waals surface area contributed by atoms with Crippen molar-refractivity contribution in [3.05, 3.63) is 59.2 Å². The van der Waals surface area contributed by atoms with Crippen LogP contribution in [0.2, 0.25) is 0 Å². The normalized spacial score (nSPS) is 10.6.